The maximum absolute atomic E-state index is 12.5. The molecule has 1 fully saturated rings. The maximum atomic E-state index is 12.5. The van der Waals surface area contributed by atoms with E-state index in [1.54, 1.807) is 7.05 Å². The molecule has 7 heteroatoms. The topological polar surface area (TPSA) is 39.7 Å². The monoisotopic (exact) mass is 370 g/mol. The van der Waals surface area contributed by atoms with Gasteiger partial charge in [-0.25, -0.2) is 0 Å². The van der Waals surface area contributed by atoms with Crippen molar-refractivity contribution in [3.63, 3.8) is 0 Å². The van der Waals surface area contributed by atoms with Gasteiger partial charge in [-0.3, -0.25) is 9.89 Å². The Morgan fingerprint density at radius 2 is 1.96 bits per heavy atom. The van der Waals surface area contributed by atoms with E-state index in [9.17, 15) is 13.2 Å². The van der Waals surface area contributed by atoms with E-state index >= 15 is 0 Å². The van der Waals surface area contributed by atoms with E-state index in [1.165, 1.54) is 16.0 Å². The van der Waals surface area contributed by atoms with Gasteiger partial charge < -0.3 is 10.6 Å². The Morgan fingerprint density at radius 1 is 1.27 bits per heavy atom. The molecule has 1 saturated heterocycles. The molecule has 1 aliphatic heterocycles. The standard InChI is InChI=1S/C19H29F3N4/c1-14-4-6-17(7-5-14)15(2)10-24-18(23-3)25-11-16-8-9-26(12-16)13-19(20,21)22/h4-7,15-16H,8-13H2,1-3H3,(H2,23,24,25). The molecule has 4 nitrogen and oxygen atoms in total. The zero-order valence-corrected chi connectivity index (χ0v) is 15.7. The first-order valence-electron chi connectivity index (χ1n) is 9.07. The Hall–Kier alpha value is -1.76. The fourth-order valence-corrected chi connectivity index (χ4v) is 3.20. The van der Waals surface area contributed by atoms with Crippen LogP contribution in [0.25, 0.3) is 0 Å². The van der Waals surface area contributed by atoms with E-state index in [0.29, 0.717) is 31.5 Å². The summed E-state index contributed by atoms with van der Waals surface area (Å²) in [6, 6.07) is 8.47. The second-order valence-electron chi connectivity index (χ2n) is 7.15. The summed E-state index contributed by atoms with van der Waals surface area (Å²) in [6.07, 6.45) is -3.34. The van der Waals surface area contributed by atoms with Crippen LogP contribution in [0.1, 0.15) is 30.4 Å². The highest BCUT2D eigenvalue weighted by molar-refractivity contribution is 5.79. The van der Waals surface area contributed by atoms with Gasteiger partial charge in [0.2, 0.25) is 0 Å². The van der Waals surface area contributed by atoms with Crippen LogP contribution in [-0.4, -0.2) is 56.8 Å². The number of hydrogen-bond donors (Lipinski definition) is 2. The molecule has 2 N–H and O–H groups in total. The van der Waals surface area contributed by atoms with E-state index in [2.05, 4.69) is 53.7 Å². The molecule has 1 heterocycles. The number of benzene rings is 1. The molecule has 0 bridgehead atoms. The SMILES string of the molecule is CN=C(NCC1CCN(CC(F)(F)F)C1)NCC(C)c1ccc(C)cc1. The highest BCUT2D eigenvalue weighted by atomic mass is 19.4. The van der Waals surface area contributed by atoms with Crippen LogP contribution in [0.5, 0.6) is 0 Å². The predicted molar refractivity (Wildman–Crippen MR) is 99.6 cm³/mol. The van der Waals surface area contributed by atoms with Gasteiger partial charge in [0.25, 0.3) is 0 Å². The van der Waals surface area contributed by atoms with Crippen LogP contribution in [0.15, 0.2) is 29.3 Å². The van der Waals surface area contributed by atoms with Crippen molar-refractivity contribution in [3.8, 4) is 0 Å². The van der Waals surface area contributed by atoms with E-state index in [0.717, 1.165) is 13.0 Å². The van der Waals surface area contributed by atoms with Gasteiger partial charge in [-0.2, -0.15) is 13.2 Å². The number of rotatable bonds is 6. The molecule has 0 amide bonds. The van der Waals surface area contributed by atoms with Gasteiger partial charge in [-0.15, -0.1) is 0 Å². The molecule has 2 rings (SSSR count). The molecule has 1 aliphatic rings. The van der Waals surface area contributed by atoms with Gasteiger partial charge in [0, 0.05) is 26.7 Å². The van der Waals surface area contributed by atoms with Crippen molar-refractivity contribution >= 4 is 5.96 Å². The molecule has 0 spiro atoms. The number of aliphatic imine (C=N–C) groups is 1. The van der Waals surface area contributed by atoms with Crippen LogP contribution < -0.4 is 10.6 Å². The number of aryl methyl sites for hydroxylation is 1. The Balaban J connectivity index is 1.72. The minimum absolute atomic E-state index is 0.213. The lowest BCUT2D eigenvalue weighted by molar-refractivity contribution is -0.143. The van der Waals surface area contributed by atoms with Gasteiger partial charge in [-0.05, 0) is 37.3 Å². The summed E-state index contributed by atoms with van der Waals surface area (Å²) in [6.45, 7) is 5.75. The molecular formula is C19H29F3N4. The zero-order chi connectivity index (χ0) is 19.2. The molecule has 2 unspecified atom stereocenters. The van der Waals surface area contributed by atoms with Gasteiger partial charge in [0.15, 0.2) is 5.96 Å². The molecule has 0 radical (unpaired) electrons. The smallest absolute Gasteiger partial charge is 0.356 e. The normalized spacial score (nSPS) is 20.2. The Morgan fingerprint density at radius 3 is 2.58 bits per heavy atom. The third-order valence-electron chi connectivity index (χ3n) is 4.78. The fraction of sp³-hybridized carbons (Fsp3) is 0.632. The molecule has 2 atom stereocenters. The summed E-state index contributed by atoms with van der Waals surface area (Å²) >= 11 is 0. The van der Waals surface area contributed by atoms with Crippen molar-refractivity contribution in [2.45, 2.75) is 32.4 Å². The zero-order valence-electron chi connectivity index (χ0n) is 15.7. The van der Waals surface area contributed by atoms with Crippen molar-refractivity contribution in [1.29, 1.82) is 0 Å². The fourth-order valence-electron chi connectivity index (χ4n) is 3.20. The van der Waals surface area contributed by atoms with Crippen LogP contribution in [0.4, 0.5) is 13.2 Å². The van der Waals surface area contributed by atoms with Crippen molar-refractivity contribution in [1.82, 2.24) is 15.5 Å². The lowest BCUT2D eigenvalue weighted by Crippen LogP contribution is -2.41. The molecule has 0 saturated carbocycles. The highest BCUT2D eigenvalue weighted by Crippen LogP contribution is 2.22. The lowest BCUT2D eigenvalue weighted by atomic mass is 10.0. The summed E-state index contributed by atoms with van der Waals surface area (Å²) < 4.78 is 37.4. The molecular weight excluding hydrogens is 341 g/mol. The second kappa shape index (κ2) is 9.26. The Labute approximate surface area is 153 Å². The third kappa shape index (κ3) is 6.86. The van der Waals surface area contributed by atoms with Gasteiger partial charge in [0.1, 0.15) is 0 Å². The Bertz CT molecular complexity index is 583. The molecule has 26 heavy (non-hydrogen) atoms. The van der Waals surface area contributed by atoms with Crippen LogP contribution >= 0.6 is 0 Å². The molecule has 1 aromatic carbocycles. The van der Waals surface area contributed by atoms with Crippen molar-refractivity contribution < 1.29 is 13.2 Å². The van der Waals surface area contributed by atoms with Crippen LogP contribution in [0, 0.1) is 12.8 Å². The lowest BCUT2D eigenvalue weighted by Gasteiger charge is -2.19. The summed E-state index contributed by atoms with van der Waals surface area (Å²) in [5.74, 6) is 1.24. The van der Waals surface area contributed by atoms with Crippen LogP contribution in [-0.2, 0) is 0 Å². The first-order chi connectivity index (χ1) is 12.3. The van der Waals surface area contributed by atoms with Crippen LogP contribution in [0.3, 0.4) is 0 Å². The largest absolute Gasteiger partial charge is 0.401 e. The molecule has 0 aliphatic carbocycles. The van der Waals surface area contributed by atoms with E-state index in [-0.39, 0.29) is 5.92 Å². The summed E-state index contributed by atoms with van der Waals surface area (Å²) in [7, 11) is 1.70. The number of nitrogens with one attached hydrogen (secondary N) is 2. The predicted octanol–water partition coefficient (Wildman–Crippen LogP) is 3.15. The summed E-state index contributed by atoms with van der Waals surface area (Å²) in [5, 5.41) is 6.54. The van der Waals surface area contributed by atoms with E-state index in [1.807, 2.05) is 0 Å². The second-order valence-corrected chi connectivity index (χ2v) is 7.15. The minimum atomic E-state index is -4.12. The molecule has 146 valence electrons. The van der Waals surface area contributed by atoms with Gasteiger partial charge in [-0.1, -0.05) is 36.8 Å². The number of guanidine groups is 1. The van der Waals surface area contributed by atoms with E-state index in [4.69, 9.17) is 0 Å². The summed E-state index contributed by atoms with van der Waals surface area (Å²) in [5.41, 5.74) is 2.50. The molecule has 0 aromatic heterocycles. The first-order valence-corrected chi connectivity index (χ1v) is 9.07. The number of hydrogen-bond acceptors (Lipinski definition) is 2. The van der Waals surface area contributed by atoms with Crippen molar-refractivity contribution in [3.05, 3.63) is 35.4 Å². The minimum Gasteiger partial charge on any atom is -0.356 e. The first kappa shape index (κ1) is 20.6. The number of alkyl halides is 3. The van der Waals surface area contributed by atoms with E-state index < -0.39 is 12.7 Å². The number of halogens is 3. The average molecular weight is 370 g/mol. The van der Waals surface area contributed by atoms with Crippen molar-refractivity contribution in [2.24, 2.45) is 10.9 Å². The van der Waals surface area contributed by atoms with Crippen molar-refractivity contribution in [2.75, 3.05) is 39.8 Å². The van der Waals surface area contributed by atoms with Crippen LogP contribution in [0.2, 0.25) is 0 Å². The highest BCUT2D eigenvalue weighted by Gasteiger charge is 2.34. The average Bonchev–Trinajstić information content (AvgIpc) is 3.00. The number of nitrogens with zero attached hydrogens (tertiary/aromatic N) is 2. The maximum Gasteiger partial charge on any atom is 0.401 e. The quantitative estimate of drug-likeness (QED) is 0.597. The van der Waals surface area contributed by atoms with Gasteiger partial charge >= 0.3 is 6.18 Å². The third-order valence-corrected chi connectivity index (χ3v) is 4.78. The summed E-state index contributed by atoms with van der Waals surface area (Å²) in [4.78, 5) is 5.68. The number of likely N-dealkylation sites (tertiary alicyclic amines) is 1. The Kier molecular flexibility index (Phi) is 7.32. The van der Waals surface area contributed by atoms with Gasteiger partial charge in [0.05, 0.1) is 6.54 Å². The molecule has 1 aromatic rings.